The van der Waals surface area contributed by atoms with Gasteiger partial charge in [0.2, 0.25) is 5.91 Å². The molecule has 4 N–H and O–H groups in total. The summed E-state index contributed by atoms with van der Waals surface area (Å²) in [6, 6.07) is -0.186. The van der Waals surface area contributed by atoms with Gasteiger partial charge in [-0.1, -0.05) is 0 Å². The van der Waals surface area contributed by atoms with E-state index in [-0.39, 0.29) is 18.6 Å². The minimum absolute atomic E-state index is 0.0567. The summed E-state index contributed by atoms with van der Waals surface area (Å²) in [4.78, 5) is 11.6. The van der Waals surface area contributed by atoms with Crippen molar-refractivity contribution in [1.29, 1.82) is 0 Å². The number of aliphatic hydroxyl groups excluding tert-OH is 1. The highest BCUT2D eigenvalue weighted by atomic mass is 16.3. The normalized spacial score (nSPS) is 23.2. The summed E-state index contributed by atoms with van der Waals surface area (Å²) in [6.45, 7) is 5.87. The SMILES string of the molecule is CC(C)(CO)NC(=O)C1CNCCN1. The molecule has 0 bridgehead atoms. The fraction of sp³-hybridized carbons (Fsp3) is 0.889. The van der Waals surface area contributed by atoms with E-state index in [2.05, 4.69) is 16.0 Å². The van der Waals surface area contributed by atoms with Gasteiger partial charge in [0.15, 0.2) is 0 Å². The number of hydrogen-bond donors (Lipinski definition) is 4. The van der Waals surface area contributed by atoms with Gasteiger partial charge in [-0.05, 0) is 13.8 Å². The van der Waals surface area contributed by atoms with Crippen molar-refractivity contribution < 1.29 is 9.90 Å². The van der Waals surface area contributed by atoms with E-state index in [1.54, 1.807) is 13.8 Å². The summed E-state index contributed by atoms with van der Waals surface area (Å²) >= 11 is 0. The quantitative estimate of drug-likeness (QED) is 0.445. The van der Waals surface area contributed by atoms with Crippen molar-refractivity contribution in [3.8, 4) is 0 Å². The Morgan fingerprint density at radius 2 is 2.29 bits per heavy atom. The number of piperazine rings is 1. The second-order valence-electron chi connectivity index (χ2n) is 4.24. The topological polar surface area (TPSA) is 73.4 Å². The van der Waals surface area contributed by atoms with E-state index in [4.69, 9.17) is 5.11 Å². The molecule has 5 heteroatoms. The minimum Gasteiger partial charge on any atom is -0.394 e. The lowest BCUT2D eigenvalue weighted by atomic mass is 10.1. The maximum Gasteiger partial charge on any atom is 0.238 e. The van der Waals surface area contributed by atoms with Gasteiger partial charge in [-0.3, -0.25) is 4.79 Å². The maximum absolute atomic E-state index is 11.6. The van der Waals surface area contributed by atoms with Gasteiger partial charge in [0.25, 0.3) is 0 Å². The summed E-state index contributed by atoms with van der Waals surface area (Å²) in [5, 5.41) is 18.0. The van der Waals surface area contributed by atoms with E-state index in [0.717, 1.165) is 13.1 Å². The van der Waals surface area contributed by atoms with E-state index >= 15 is 0 Å². The highest BCUT2D eigenvalue weighted by molar-refractivity contribution is 5.82. The zero-order chi connectivity index (χ0) is 10.6. The Kier molecular flexibility index (Phi) is 3.86. The van der Waals surface area contributed by atoms with Crippen LogP contribution in [0.2, 0.25) is 0 Å². The van der Waals surface area contributed by atoms with Crippen molar-refractivity contribution in [1.82, 2.24) is 16.0 Å². The number of amides is 1. The smallest absolute Gasteiger partial charge is 0.238 e. The van der Waals surface area contributed by atoms with Crippen LogP contribution in [0.5, 0.6) is 0 Å². The van der Waals surface area contributed by atoms with Crippen molar-refractivity contribution in [3.63, 3.8) is 0 Å². The van der Waals surface area contributed by atoms with Gasteiger partial charge >= 0.3 is 0 Å². The van der Waals surface area contributed by atoms with Crippen LogP contribution in [0.1, 0.15) is 13.8 Å². The predicted octanol–water partition coefficient (Wildman–Crippen LogP) is -1.57. The van der Waals surface area contributed by atoms with Crippen LogP contribution >= 0.6 is 0 Å². The Hall–Kier alpha value is -0.650. The molecule has 0 aromatic heterocycles. The molecule has 0 radical (unpaired) electrons. The lowest BCUT2D eigenvalue weighted by molar-refractivity contribution is -0.125. The fourth-order valence-electron chi connectivity index (χ4n) is 1.30. The molecule has 14 heavy (non-hydrogen) atoms. The third-order valence-electron chi connectivity index (χ3n) is 2.21. The molecule has 1 atom stereocenters. The molecule has 1 aliphatic rings. The highest BCUT2D eigenvalue weighted by Gasteiger charge is 2.25. The van der Waals surface area contributed by atoms with Crippen LogP contribution < -0.4 is 16.0 Å². The van der Waals surface area contributed by atoms with Gasteiger partial charge in [0.05, 0.1) is 18.2 Å². The molecule has 0 aromatic carbocycles. The Labute approximate surface area is 84.3 Å². The molecule has 82 valence electrons. The first kappa shape index (κ1) is 11.4. The molecule has 0 saturated carbocycles. The number of rotatable bonds is 3. The first-order chi connectivity index (χ1) is 6.55. The molecule has 1 rings (SSSR count). The largest absolute Gasteiger partial charge is 0.394 e. The van der Waals surface area contributed by atoms with Gasteiger partial charge in [0, 0.05) is 19.6 Å². The van der Waals surface area contributed by atoms with Crippen LogP contribution in [0, 0.1) is 0 Å². The number of aliphatic hydroxyl groups is 1. The minimum atomic E-state index is -0.545. The lowest BCUT2D eigenvalue weighted by Gasteiger charge is -2.29. The third kappa shape index (κ3) is 3.25. The summed E-state index contributed by atoms with van der Waals surface area (Å²) < 4.78 is 0. The predicted molar refractivity (Wildman–Crippen MR) is 54.0 cm³/mol. The molecule has 1 heterocycles. The van der Waals surface area contributed by atoms with Crippen LogP contribution in [0.15, 0.2) is 0 Å². The van der Waals surface area contributed by atoms with Crippen molar-refractivity contribution in [2.24, 2.45) is 0 Å². The van der Waals surface area contributed by atoms with Crippen LogP contribution in [-0.4, -0.2) is 48.8 Å². The highest BCUT2D eigenvalue weighted by Crippen LogP contribution is 2.00. The Morgan fingerprint density at radius 1 is 1.57 bits per heavy atom. The maximum atomic E-state index is 11.6. The molecule has 0 spiro atoms. The van der Waals surface area contributed by atoms with Crippen molar-refractivity contribution >= 4 is 5.91 Å². The average Bonchev–Trinajstić information content (AvgIpc) is 2.19. The van der Waals surface area contributed by atoms with Crippen LogP contribution in [0.3, 0.4) is 0 Å². The molecule has 0 aromatic rings. The second-order valence-corrected chi connectivity index (χ2v) is 4.24. The monoisotopic (exact) mass is 201 g/mol. The molecule has 1 amide bonds. The zero-order valence-corrected chi connectivity index (χ0v) is 8.76. The average molecular weight is 201 g/mol. The van der Waals surface area contributed by atoms with Crippen molar-refractivity contribution in [3.05, 3.63) is 0 Å². The van der Waals surface area contributed by atoms with Crippen LogP contribution in [0.4, 0.5) is 0 Å². The molecule has 1 unspecified atom stereocenters. The number of carbonyl (C=O) groups is 1. The Bertz CT molecular complexity index is 200. The van der Waals surface area contributed by atoms with Gasteiger partial charge in [0.1, 0.15) is 0 Å². The summed E-state index contributed by atoms with van der Waals surface area (Å²) in [6.07, 6.45) is 0. The number of hydrogen-bond acceptors (Lipinski definition) is 4. The molecular weight excluding hydrogens is 182 g/mol. The van der Waals surface area contributed by atoms with Crippen LogP contribution in [-0.2, 0) is 4.79 Å². The molecule has 0 aliphatic carbocycles. The first-order valence-corrected chi connectivity index (χ1v) is 4.92. The van der Waals surface area contributed by atoms with Gasteiger partial charge in [-0.25, -0.2) is 0 Å². The first-order valence-electron chi connectivity index (χ1n) is 4.92. The molecule has 1 saturated heterocycles. The van der Waals surface area contributed by atoms with E-state index in [9.17, 15) is 4.79 Å². The fourth-order valence-corrected chi connectivity index (χ4v) is 1.30. The summed E-state index contributed by atoms with van der Waals surface area (Å²) in [5.74, 6) is -0.0590. The third-order valence-corrected chi connectivity index (χ3v) is 2.21. The van der Waals surface area contributed by atoms with E-state index < -0.39 is 5.54 Å². The summed E-state index contributed by atoms with van der Waals surface area (Å²) in [5.41, 5.74) is -0.545. The molecular formula is C9H19N3O2. The van der Waals surface area contributed by atoms with E-state index in [1.807, 2.05) is 0 Å². The van der Waals surface area contributed by atoms with Gasteiger partial charge in [-0.2, -0.15) is 0 Å². The molecule has 1 fully saturated rings. The van der Waals surface area contributed by atoms with E-state index in [1.165, 1.54) is 0 Å². The number of nitrogens with one attached hydrogen (secondary N) is 3. The van der Waals surface area contributed by atoms with Gasteiger partial charge in [-0.15, -0.1) is 0 Å². The summed E-state index contributed by atoms with van der Waals surface area (Å²) in [7, 11) is 0. The zero-order valence-electron chi connectivity index (χ0n) is 8.76. The molecule has 1 aliphatic heterocycles. The van der Waals surface area contributed by atoms with Crippen molar-refractivity contribution in [2.75, 3.05) is 26.2 Å². The van der Waals surface area contributed by atoms with E-state index in [0.29, 0.717) is 6.54 Å². The standard InChI is InChI=1S/C9H19N3O2/c1-9(2,6-13)12-8(14)7-5-10-3-4-11-7/h7,10-11,13H,3-6H2,1-2H3,(H,12,14). The Morgan fingerprint density at radius 3 is 2.79 bits per heavy atom. The second kappa shape index (κ2) is 4.72. The Balaban J connectivity index is 2.40. The lowest BCUT2D eigenvalue weighted by Crippen LogP contribution is -2.59. The number of carbonyl (C=O) groups excluding carboxylic acids is 1. The van der Waals surface area contributed by atoms with Crippen molar-refractivity contribution in [2.45, 2.75) is 25.4 Å². The molecule has 5 nitrogen and oxygen atoms in total. The van der Waals surface area contributed by atoms with Gasteiger partial charge < -0.3 is 21.1 Å². The van der Waals surface area contributed by atoms with Crippen LogP contribution in [0.25, 0.3) is 0 Å².